The Bertz CT molecular complexity index is 347. The average Bonchev–Trinajstić information content (AvgIpc) is 2.88. The Hall–Kier alpha value is -0.380. The molecule has 0 amide bonds. The van der Waals surface area contributed by atoms with Crippen LogP contribution in [0.1, 0.15) is 43.0 Å². The second-order valence-electron chi connectivity index (χ2n) is 5.48. The molecule has 3 heteroatoms. The lowest BCUT2D eigenvalue weighted by atomic mass is 10.0. The number of rotatable bonds is 5. The van der Waals surface area contributed by atoms with Crippen molar-refractivity contribution in [3.8, 4) is 0 Å². The first-order valence-electron chi connectivity index (χ1n) is 6.79. The Balaban J connectivity index is 1.68. The Morgan fingerprint density at radius 2 is 2.24 bits per heavy atom. The predicted octanol–water partition coefficient (Wildman–Crippen LogP) is 2.95. The van der Waals surface area contributed by atoms with E-state index in [0.29, 0.717) is 24.6 Å². The van der Waals surface area contributed by atoms with Gasteiger partial charge in [-0.05, 0) is 49.0 Å². The van der Waals surface area contributed by atoms with E-state index in [1.54, 1.807) is 0 Å². The third-order valence-corrected chi connectivity index (χ3v) is 5.19. The number of hydrogen-bond donors (Lipinski definition) is 2. The highest BCUT2D eigenvalue weighted by Gasteiger charge is 2.36. The fourth-order valence-electron chi connectivity index (χ4n) is 3.05. The van der Waals surface area contributed by atoms with Crippen LogP contribution in [0.3, 0.4) is 0 Å². The molecule has 3 rings (SSSR count). The molecule has 2 saturated carbocycles. The van der Waals surface area contributed by atoms with Crippen molar-refractivity contribution in [1.82, 2.24) is 5.32 Å². The first-order chi connectivity index (χ1) is 8.38. The number of aliphatic hydroxyl groups excluding tert-OH is 1. The average molecular weight is 251 g/mol. The molecule has 2 nitrogen and oxygen atoms in total. The zero-order valence-electron chi connectivity index (χ0n) is 10.1. The highest BCUT2D eigenvalue weighted by atomic mass is 32.1. The minimum Gasteiger partial charge on any atom is -0.396 e. The van der Waals surface area contributed by atoms with E-state index in [2.05, 4.69) is 22.8 Å². The molecule has 0 bridgehead atoms. The van der Waals surface area contributed by atoms with E-state index in [1.807, 2.05) is 11.3 Å². The predicted molar refractivity (Wildman–Crippen MR) is 71.1 cm³/mol. The van der Waals surface area contributed by atoms with Crippen LogP contribution in [0.4, 0.5) is 0 Å². The summed E-state index contributed by atoms with van der Waals surface area (Å²) in [5.74, 6) is 1.32. The molecule has 94 valence electrons. The van der Waals surface area contributed by atoms with Gasteiger partial charge in [-0.1, -0.05) is 12.5 Å². The van der Waals surface area contributed by atoms with Crippen LogP contribution in [-0.4, -0.2) is 17.8 Å². The number of thiophene rings is 1. The maximum absolute atomic E-state index is 9.40. The van der Waals surface area contributed by atoms with Gasteiger partial charge in [0.2, 0.25) is 0 Å². The summed E-state index contributed by atoms with van der Waals surface area (Å²) >= 11 is 1.87. The smallest absolute Gasteiger partial charge is 0.0474 e. The van der Waals surface area contributed by atoms with E-state index in [4.69, 9.17) is 0 Å². The summed E-state index contributed by atoms with van der Waals surface area (Å²) in [6, 6.07) is 5.48. The fourth-order valence-corrected chi connectivity index (χ4v) is 3.93. The van der Waals surface area contributed by atoms with Crippen LogP contribution < -0.4 is 5.32 Å². The standard InChI is InChI=1S/C14H21NOS/c16-9-11-3-1-4-12(11)15-14(10-6-7-10)13-5-2-8-17-13/h2,5,8,10-12,14-16H,1,3-4,6-7,9H2. The Morgan fingerprint density at radius 1 is 1.35 bits per heavy atom. The fraction of sp³-hybridized carbons (Fsp3) is 0.714. The highest BCUT2D eigenvalue weighted by Crippen LogP contribution is 2.43. The molecule has 1 heterocycles. The number of aliphatic hydroxyl groups is 1. The molecule has 0 saturated heterocycles. The molecule has 3 unspecified atom stereocenters. The summed E-state index contributed by atoms with van der Waals surface area (Å²) in [7, 11) is 0. The summed E-state index contributed by atoms with van der Waals surface area (Å²) < 4.78 is 0. The van der Waals surface area contributed by atoms with Crippen molar-refractivity contribution in [1.29, 1.82) is 0 Å². The summed E-state index contributed by atoms with van der Waals surface area (Å²) in [4.78, 5) is 1.48. The molecule has 17 heavy (non-hydrogen) atoms. The molecule has 2 aliphatic rings. The maximum atomic E-state index is 9.40. The molecule has 1 aromatic rings. The lowest BCUT2D eigenvalue weighted by Gasteiger charge is -2.25. The van der Waals surface area contributed by atoms with Gasteiger partial charge in [0.05, 0.1) is 0 Å². The monoisotopic (exact) mass is 251 g/mol. The second-order valence-corrected chi connectivity index (χ2v) is 6.46. The van der Waals surface area contributed by atoms with Crippen molar-refractivity contribution in [3.05, 3.63) is 22.4 Å². The van der Waals surface area contributed by atoms with Crippen LogP contribution in [-0.2, 0) is 0 Å². The van der Waals surface area contributed by atoms with Gasteiger partial charge < -0.3 is 10.4 Å². The molecule has 2 N–H and O–H groups in total. The van der Waals surface area contributed by atoms with Crippen molar-refractivity contribution in [3.63, 3.8) is 0 Å². The molecule has 2 fully saturated rings. The zero-order chi connectivity index (χ0) is 11.7. The first-order valence-corrected chi connectivity index (χ1v) is 7.66. The molecule has 0 aliphatic heterocycles. The van der Waals surface area contributed by atoms with E-state index in [1.165, 1.54) is 37.0 Å². The molecule has 0 aromatic carbocycles. The van der Waals surface area contributed by atoms with E-state index in [9.17, 15) is 5.11 Å². The summed E-state index contributed by atoms with van der Waals surface area (Å²) in [6.07, 6.45) is 6.43. The molecule has 0 spiro atoms. The number of hydrogen-bond acceptors (Lipinski definition) is 3. The molecule has 1 aromatic heterocycles. The minimum atomic E-state index is 0.347. The third-order valence-electron chi connectivity index (χ3n) is 4.23. The Kier molecular flexibility index (Phi) is 3.50. The van der Waals surface area contributed by atoms with Gasteiger partial charge in [0.15, 0.2) is 0 Å². The SMILES string of the molecule is OCC1CCCC1NC(c1cccs1)C1CC1. The lowest BCUT2D eigenvalue weighted by Crippen LogP contribution is -2.37. The van der Waals surface area contributed by atoms with Crippen molar-refractivity contribution >= 4 is 11.3 Å². The molecular weight excluding hydrogens is 230 g/mol. The largest absolute Gasteiger partial charge is 0.396 e. The summed E-state index contributed by atoms with van der Waals surface area (Å²) in [5.41, 5.74) is 0. The third kappa shape index (κ3) is 2.56. The topological polar surface area (TPSA) is 32.3 Å². The second kappa shape index (κ2) is 5.09. The van der Waals surface area contributed by atoms with Crippen LogP contribution in [0.5, 0.6) is 0 Å². The van der Waals surface area contributed by atoms with Gasteiger partial charge in [-0.3, -0.25) is 0 Å². The van der Waals surface area contributed by atoms with E-state index >= 15 is 0 Å². The van der Waals surface area contributed by atoms with E-state index < -0.39 is 0 Å². The van der Waals surface area contributed by atoms with Crippen molar-refractivity contribution in [2.75, 3.05) is 6.61 Å². The normalized spacial score (nSPS) is 30.6. The van der Waals surface area contributed by atoms with Crippen LogP contribution in [0.2, 0.25) is 0 Å². The summed E-state index contributed by atoms with van der Waals surface area (Å²) in [5, 5.41) is 15.4. The van der Waals surface area contributed by atoms with Gasteiger partial charge in [0.1, 0.15) is 0 Å². The van der Waals surface area contributed by atoms with Crippen molar-refractivity contribution in [2.24, 2.45) is 11.8 Å². The van der Waals surface area contributed by atoms with Crippen molar-refractivity contribution < 1.29 is 5.11 Å². The van der Waals surface area contributed by atoms with Gasteiger partial charge >= 0.3 is 0 Å². The van der Waals surface area contributed by atoms with Gasteiger partial charge in [0.25, 0.3) is 0 Å². The van der Waals surface area contributed by atoms with E-state index in [-0.39, 0.29) is 0 Å². The summed E-state index contributed by atoms with van der Waals surface area (Å²) in [6.45, 7) is 0.347. The maximum Gasteiger partial charge on any atom is 0.0474 e. The molecule has 3 atom stereocenters. The van der Waals surface area contributed by atoms with Gasteiger partial charge in [0, 0.05) is 23.6 Å². The lowest BCUT2D eigenvalue weighted by molar-refractivity contribution is 0.197. The van der Waals surface area contributed by atoms with Crippen LogP contribution in [0, 0.1) is 11.8 Å². The molecule has 2 aliphatic carbocycles. The van der Waals surface area contributed by atoms with Crippen molar-refractivity contribution in [2.45, 2.75) is 44.2 Å². The van der Waals surface area contributed by atoms with Gasteiger partial charge in [-0.2, -0.15) is 0 Å². The van der Waals surface area contributed by atoms with Crippen LogP contribution >= 0.6 is 11.3 Å². The quantitative estimate of drug-likeness (QED) is 0.843. The molecular formula is C14H21NOS. The minimum absolute atomic E-state index is 0.347. The van der Waals surface area contributed by atoms with Gasteiger partial charge in [-0.15, -0.1) is 11.3 Å². The number of nitrogens with one attached hydrogen (secondary N) is 1. The van der Waals surface area contributed by atoms with E-state index in [0.717, 1.165) is 5.92 Å². The highest BCUT2D eigenvalue weighted by molar-refractivity contribution is 7.10. The first kappa shape index (κ1) is 11.7. The Morgan fingerprint density at radius 3 is 2.88 bits per heavy atom. The Labute approximate surface area is 107 Å². The zero-order valence-corrected chi connectivity index (χ0v) is 11.0. The van der Waals surface area contributed by atoms with Crippen LogP contribution in [0.15, 0.2) is 17.5 Å². The van der Waals surface area contributed by atoms with Gasteiger partial charge in [-0.25, -0.2) is 0 Å². The molecule has 0 radical (unpaired) electrons. The van der Waals surface area contributed by atoms with Crippen LogP contribution in [0.25, 0.3) is 0 Å².